The number of hydrogen-bond donors (Lipinski definition) is 1. The number of carbonyl (C=O) groups excluding carboxylic acids is 1. The first kappa shape index (κ1) is 18.7. The number of anilines is 2. The fourth-order valence-corrected chi connectivity index (χ4v) is 4.47. The molecule has 0 saturated carbocycles. The highest BCUT2D eigenvalue weighted by Crippen LogP contribution is 2.28. The number of aryl methyl sites for hydroxylation is 2. The van der Waals surface area contributed by atoms with Gasteiger partial charge < -0.3 is 15.1 Å². The largest absolute Gasteiger partial charge is 0.368 e. The smallest absolute Gasteiger partial charge is 0.242 e. The number of carbonyl (C=O) groups is 1. The summed E-state index contributed by atoms with van der Waals surface area (Å²) in [7, 11) is 0. The molecule has 146 valence electrons. The molecule has 0 aliphatic carbocycles. The number of nitrogens with zero attached hydrogens (tertiary/aromatic N) is 4. The summed E-state index contributed by atoms with van der Waals surface area (Å²) in [5.41, 5.74) is 2.49. The lowest BCUT2D eigenvalue weighted by atomic mass is 10.2. The molecule has 0 bridgehead atoms. The van der Waals surface area contributed by atoms with E-state index in [0.717, 1.165) is 48.6 Å². The molecule has 4 rings (SSSR count). The molecule has 1 amide bonds. The normalized spacial score (nSPS) is 14.5. The lowest BCUT2D eigenvalue weighted by Crippen LogP contribution is -2.50. The van der Waals surface area contributed by atoms with Gasteiger partial charge in [-0.3, -0.25) is 4.79 Å². The summed E-state index contributed by atoms with van der Waals surface area (Å²) in [6.07, 6.45) is 2.54. The van der Waals surface area contributed by atoms with Crippen LogP contribution < -0.4 is 10.2 Å². The second kappa shape index (κ2) is 8.14. The predicted molar refractivity (Wildman–Crippen MR) is 115 cm³/mol. The van der Waals surface area contributed by atoms with E-state index in [2.05, 4.69) is 64.4 Å². The van der Waals surface area contributed by atoms with Crippen LogP contribution in [0.2, 0.25) is 0 Å². The lowest BCUT2D eigenvalue weighted by molar-refractivity contribution is -0.129. The highest BCUT2D eigenvalue weighted by atomic mass is 32.1. The number of rotatable bonds is 5. The summed E-state index contributed by atoms with van der Waals surface area (Å²) in [6.45, 7) is 7.70. The van der Waals surface area contributed by atoms with E-state index >= 15 is 0 Å². The number of nitrogens with one attached hydrogen (secondary N) is 1. The number of thiophene rings is 1. The van der Waals surface area contributed by atoms with E-state index in [1.54, 1.807) is 17.7 Å². The first-order chi connectivity index (χ1) is 13.6. The highest BCUT2D eigenvalue weighted by molar-refractivity contribution is 7.18. The summed E-state index contributed by atoms with van der Waals surface area (Å²) in [4.78, 5) is 27.9. The van der Waals surface area contributed by atoms with Crippen LogP contribution >= 0.6 is 11.3 Å². The van der Waals surface area contributed by atoms with Gasteiger partial charge in [0.05, 0.1) is 11.9 Å². The van der Waals surface area contributed by atoms with Crippen molar-refractivity contribution in [1.82, 2.24) is 14.9 Å². The van der Waals surface area contributed by atoms with Crippen LogP contribution in [-0.2, 0) is 11.2 Å². The quantitative estimate of drug-likeness (QED) is 0.718. The van der Waals surface area contributed by atoms with Gasteiger partial charge >= 0.3 is 0 Å². The Morgan fingerprint density at radius 2 is 2.00 bits per heavy atom. The van der Waals surface area contributed by atoms with Crippen LogP contribution in [0.5, 0.6) is 0 Å². The molecule has 1 aromatic carbocycles. The molecule has 0 radical (unpaired) electrons. The molecular formula is C21H25N5OS. The van der Waals surface area contributed by atoms with Gasteiger partial charge in [0.2, 0.25) is 5.91 Å². The van der Waals surface area contributed by atoms with Gasteiger partial charge in [0, 0.05) is 36.7 Å². The van der Waals surface area contributed by atoms with Crippen LogP contribution in [0, 0.1) is 6.92 Å². The maximum atomic E-state index is 12.7. The Hall–Kier alpha value is -2.67. The van der Waals surface area contributed by atoms with Crippen molar-refractivity contribution in [2.24, 2.45) is 0 Å². The van der Waals surface area contributed by atoms with Crippen LogP contribution in [-0.4, -0.2) is 53.5 Å². The zero-order valence-corrected chi connectivity index (χ0v) is 17.1. The van der Waals surface area contributed by atoms with Crippen molar-refractivity contribution < 1.29 is 4.79 Å². The van der Waals surface area contributed by atoms with Gasteiger partial charge in [-0.2, -0.15) is 0 Å². The molecule has 28 heavy (non-hydrogen) atoms. The molecule has 0 unspecified atom stereocenters. The second-order valence-electron chi connectivity index (χ2n) is 7.07. The number of amides is 1. The minimum atomic E-state index is 0.113. The summed E-state index contributed by atoms with van der Waals surface area (Å²) in [5.74, 6) is 0.856. The molecule has 1 N–H and O–H groups in total. The average Bonchev–Trinajstić information content (AvgIpc) is 3.16. The molecule has 1 aliphatic rings. The third kappa shape index (κ3) is 3.94. The Kier molecular flexibility index (Phi) is 5.43. The molecule has 7 heteroatoms. The van der Waals surface area contributed by atoms with Crippen LogP contribution in [0.25, 0.3) is 10.2 Å². The Morgan fingerprint density at radius 1 is 1.18 bits per heavy atom. The van der Waals surface area contributed by atoms with E-state index in [-0.39, 0.29) is 12.5 Å². The zero-order chi connectivity index (χ0) is 19.5. The van der Waals surface area contributed by atoms with E-state index in [9.17, 15) is 4.79 Å². The van der Waals surface area contributed by atoms with Crippen LogP contribution in [0.1, 0.15) is 17.4 Å². The standard InChI is InChI=1S/C21H25N5OS/c1-3-17-12-18-20(23-14-24-21(18)28-17)22-13-19(27)26-9-7-25(8-10-26)16-6-4-5-15(2)11-16/h4-6,11-12,14H,3,7-10,13H2,1-2H3,(H,22,23,24). The van der Waals surface area contributed by atoms with Gasteiger partial charge in [0.25, 0.3) is 0 Å². The van der Waals surface area contributed by atoms with E-state index in [1.165, 1.54) is 16.1 Å². The maximum Gasteiger partial charge on any atom is 0.242 e. The van der Waals surface area contributed by atoms with Gasteiger partial charge in [-0.25, -0.2) is 9.97 Å². The van der Waals surface area contributed by atoms with Gasteiger partial charge in [-0.15, -0.1) is 11.3 Å². The molecule has 6 nitrogen and oxygen atoms in total. The van der Waals surface area contributed by atoms with Crippen molar-refractivity contribution in [1.29, 1.82) is 0 Å². The summed E-state index contributed by atoms with van der Waals surface area (Å²) >= 11 is 1.68. The molecule has 1 saturated heterocycles. The molecule has 0 spiro atoms. The van der Waals surface area contributed by atoms with Crippen LogP contribution in [0.15, 0.2) is 36.7 Å². The van der Waals surface area contributed by atoms with Crippen LogP contribution in [0.4, 0.5) is 11.5 Å². The molecule has 3 aromatic rings. The Bertz CT molecular complexity index is 978. The zero-order valence-electron chi connectivity index (χ0n) is 16.3. The van der Waals surface area contributed by atoms with Gasteiger partial charge in [0.15, 0.2) is 0 Å². The number of benzene rings is 1. The van der Waals surface area contributed by atoms with Crippen molar-refractivity contribution in [3.05, 3.63) is 47.1 Å². The van der Waals surface area contributed by atoms with Crippen molar-refractivity contribution in [3.63, 3.8) is 0 Å². The van der Waals surface area contributed by atoms with Gasteiger partial charge in [-0.1, -0.05) is 19.1 Å². The third-order valence-corrected chi connectivity index (χ3v) is 6.32. The van der Waals surface area contributed by atoms with Crippen molar-refractivity contribution in [3.8, 4) is 0 Å². The predicted octanol–water partition coefficient (Wildman–Crippen LogP) is 3.32. The molecule has 1 aliphatic heterocycles. The fraction of sp³-hybridized carbons (Fsp3) is 0.381. The molecule has 2 aromatic heterocycles. The van der Waals surface area contributed by atoms with E-state index in [0.29, 0.717) is 0 Å². The Balaban J connectivity index is 1.35. The second-order valence-corrected chi connectivity index (χ2v) is 8.18. The topological polar surface area (TPSA) is 61.4 Å². The van der Waals surface area contributed by atoms with Crippen molar-refractivity contribution >= 4 is 39.0 Å². The highest BCUT2D eigenvalue weighted by Gasteiger charge is 2.21. The maximum absolute atomic E-state index is 12.7. The van der Waals surface area contributed by atoms with E-state index in [1.807, 2.05) is 4.90 Å². The van der Waals surface area contributed by atoms with Crippen LogP contribution in [0.3, 0.4) is 0 Å². The summed E-state index contributed by atoms with van der Waals surface area (Å²) in [6, 6.07) is 10.6. The molecule has 1 fully saturated rings. The third-order valence-electron chi connectivity index (χ3n) is 5.14. The number of fused-ring (bicyclic) bond motifs is 1. The van der Waals surface area contributed by atoms with Gasteiger partial charge in [-0.05, 0) is 37.1 Å². The monoisotopic (exact) mass is 395 g/mol. The number of piperazine rings is 1. The average molecular weight is 396 g/mol. The SMILES string of the molecule is CCc1cc2c(NCC(=O)N3CCN(c4cccc(C)c4)CC3)ncnc2s1. The fourth-order valence-electron chi connectivity index (χ4n) is 3.53. The molecular weight excluding hydrogens is 370 g/mol. The summed E-state index contributed by atoms with van der Waals surface area (Å²) < 4.78 is 0. The minimum Gasteiger partial charge on any atom is -0.368 e. The van der Waals surface area contributed by atoms with Crippen molar-refractivity contribution in [2.45, 2.75) is 20.3 Å². The summed E-state index contributed by atoms with van der Waals surface area (Å²) in [5, 5.41) is 4.22. The Morgan fingerprint density at radius 3 is 2.75 bits per heavy atom. The molecule has 3 heterocycles. The minimum absolute atomic E-state index is 0.113. The van der Waals surface area contributed by atoms with E-state index < -0.39 is 0 Å². The number of hydrogen-bond acceptors (Lipinski definition) is 6. The number of aromatic nitrogens is 2. The lowest BCUT2D eigenvalue weighted by Gasteiger charge is -2.36. The first-order valence-corrected chi connectivity index (χ1v) is 10.5. The van der Waals surface area contributed by atoms with Gasteiger partial charge in [0.1, 0.15) is 17.0 Å². The Labute approximate surface area is 169 Å². The first-order valence-electron chi connectivity index (χ1n) is 9.70. The van der Waals surface area contributed by atoms with E-state index in [4.69, 9.17) is 0 Å². The molecule has 0 atom stereocenters. The van der Waals surface area contributed by atoms with Crippen molar-refractivity contribution in [2.75, 3.05) is 42.9 Å².